The van der Waals surface area contributed by atoms with E-state index >= 15 is 0 Å². The summed E-state index contributed by atoms with van der Waals surface area (Å²) in [5.41, 5.74) is 0.965. The summed E-state index contributed by atoms with van der Waals surface area (Å²) >= 11 is 3.27. The molecule has 0 heterocycles. The van der Waals surface area contributed by atoms with Crippen LogP contribution in [0.1, 0.15) is 46.6 Å². The average Bonchev–Trinajstić information content (AvgIpc) is 2.12. The number of hydrogen-bond donors (Lipinski definition) is 1. The molecule has 0 amide bonds. The smallest absolute Gasteiger partial charge is 0.128 e. The Bertz CT molecular complexity index is 407. The average molecular weight is 316 g/mol. The van der Waals surface area contributed by atoms with Gasteiger partial charge in [-0.3, -0.25) is 0 Å². The van der Waals surface area contributed by atoms with E-state index in [1.54, 1.807) is 0 Å². The largest absolute Gasteiger partial charge is 0.308 e. The molecule has 0 fully saturated rings. The zero-order valence-corrected chi connectivity index (χ0v) is 13.5. The molecule has 1 N–H and O–H groups in total. The minimum atomic E-state index is -0.163. The third-order valence-corrected chi connectivity index (χ3v) is 3.24. The number of nitrogens with one attached hydrogen (secondary N) is 1. The van der Waals surface area contributed by atoms with Crippen LogP contribution in [0.2, 0.25) is 0 Å². The van der Waals surface area contributed by atoms with E-state index in [0.717, 1.165) is 10.9 Å². The van der Waals surface area contributed by atoms with E-state index in [-0.39, 0.29) is 16.8 Å². The standard InChI is InChI=1S/C15H23BrFN/c1-14(2,3)10-15(4,5)18-9-11-6-7-12(16)8-13(11)17/h6-8,18H,9-10H2,1-5H3. The van der Waals surface area contributed by atoms with Gasteiger partial charge in [-0.1, -0.05) is 42.8 Å². The minimum absolute atomic E-state index is 0.00222. The fraction of sp³-hybridized carbons (Fsp3) is 0.600. The SMILES string of the molecule is CC(C)(C)CC(C)(C)NCc1ccc(Br)cc1F. The predicted molar refractivity (Wildman–Crippen MR) is 79.1 cm³/mol. The zero-order chi connectivity index (χ0) is 14.0. The van der Waals surface area contributed by atoms with Gasteiger partial charge in [0, 0.05) is 22.1 Å². The molecular weight excluding hydrogens is 293 g/mol. The highest BCUT2D eigenvalue weighted by Gasteiger charge is 2.24. The van der Waals surface area contributed by atoms with Crippen molar-refractivity contribution in [3.63, 3.8) is 0 Å². The normalized spacial score (nSPS) is 12.8. The van der Waals surface area contributed by atoms with Crippen molar-refractivity contribution in [3.05, 3.63) is 34.1 Å². The van der Waals surface area contributed by atoms with Gasteiger partial charge in [0.1, 0.15) is 5.82 Å². The Morgan fingerprint density at radius 1 is 1.17 bits per heavy atom. The van der Waals surface area contributed by atoms with Crippen LogP contribution in [0.25, 0.3) is 0 Å². The first-order chi connectivity index (χ1) is 8.09. The van der Waals surface area contributed by atoms with Gasteiger partial charge in [-0.2, -0.15) is 0 Å². The summed E-state index contributed by atoms with van der Waals surface area (Å²) in [6.45, 7) is 11.5. The molecule has 3 heteroatoms. The van der Waals surface area contributed by atoms with Gasteiger partial charge in [-0.25, -0.2) is 4.39 Å². The molecule has 1 rings (SSSR count). The molecule has 18 heavy (non-hydrogen) atoms. The third-order valence-electron chi connectivity index (χ3n) is 2.74. The van der Waals surface area contributed by atoms with Crippen molar-refractivity contribution in [2.24, 2.45) is 5.41 Å². The molecule has 102 valence electrons. The molecule has 0 spiro atoms. The molecule has 0 aliphatic rings. The van der Waals surface area contributed by atoms with E-state index in [0.29, 0.717) is 12.1 Å². The van der Waals surface area contributed by atoms with Crippen LogP contribution in [-0.2, 0) is 6.54 Å². The molecule has 0 radical (unpaired) electrons. The summed E-state index contributed by atoms with van der Waals surface area (Å²) in [5.74, 6) is -0.163. The molecule has 0 unspecified atom stereocenters. The summed E-state index contributed by atoms with van der Waals surface area (Å²) in [7, 11) is 0. The third kappa shape index (κ3) is 5.49. The molecule has 1 aromatic carbocycles. The number of halogens is 2. The van der Waals surface area contributed by atoms with E-state index in [9.17, 15) is 4.39 Å². The van der Waals surface area contributed by atoms with Gasteiger partial charge < -0.3 is 5.32 Å². The Morgan fingerprint density at radius 3 is 2.28 bits per heavy atom. The fourth-order valence-corrected chi connectivity index (χ4v) is 2.72. The van der Waals surface area contributed by atoms with Crippen molar-refractivity contribution >= 4 is 15.9 Å². The zero-order valence-electron chi connectivity index (χ0n) is 11.9. The molecule has 0 aliphatic carbocycles. The van der Waals surface area contributed by atoms with Crippen molar-refractivity contribution in [2.45, 2.75) is 53.1 Å². The monoisotopic (exact) mass is 315 g/mol. The lowest BCUT2D eigenvalue weighted by atomic mass is 9.82. The van der Waals surface area contributed by atoms with Crippen molar-refractivity contribution < 1.29 is 4.39 Å². The summed E-state index contributed by atoms with van der Waals surface area (Å²) < 4.78 is 14.5. The number of hydrogen-bond acceptors (Lipinski definition) is 1. The van der Waals surface area contributed by atoms with Crippen LogP contribution in [0, 0.1) is 11.2 Å². The Morgan fingerprint density at radius 2 is 1.78 bits per heavy atom. The number of rotatable bonds is 4. The molecule has 0 aromatic heterocycles. The van der Waals surface area contributed by atoms with E-state index in [4.69, 9.17) is 0 Å². The lowest BCUT2D eigenvalue weighted by Crippen LogP contribution is -2.42. The van der Waals surface area contributed by atoms with Gasteiger partial charge in [-0.05, 0) is 37.8 Å². The van der Waals surface area contributed by atoms with Crippen LogP contribution in [0.5, 0.6) is 0 Å². The van der Waals surface area contributed by atoms with Crippen molar-refractivity contribution in [2.75, 3.05) is 0 Å². The maximum absolute atomic E-state index is 13.7. The second-order valence-corrected chi connectivity index (χ2v) is 7.63. The van der Waals surface area contributed by atoms with Crippen molar-refractivity contribution in [3.8, 4) is 0 Å². The van der Waals surface area contributed by atoms with E-state index in [1.165, 1.54) is 6.07 Å². The first kappa shape index (κ1) is 15.6. The second-order valence-electron chi connectivity index (χ2n) is 6.71. The lowest BCUT2D eigenvalue weighted by Gasteiger charge is -2.33. The van der Waals surface area contributed by atoms with Gasteiger partial charge in [0.15, 0.2) is 0 Å². The minimum Gasteiger partial charge on any atom is -0.308 e. The van der Waals surface area contributed by atoms with Crippen LogP contribution in [0.3, 0.4) is 0 Å². The first-order valence-electron chi connectivity index (χ1n) is 6.28. The molecule has 1 nitrogen and oxygen atoms in total. The summed E-state index contributed by atoms with van der Waals surface area (Å²) in [4.78, 5) is 0. The van der Waals surface area contributed by atoms with Gasteiger partial charge in [0.25, 0.3) is 0 Å². The van der Waals surface area contributed by atoms with Crippen LogP contribution in [0.15, 0.2) is 22.7 Å². The molecular formula is C15H23BrFN. The highest BCUT2D eigenvalue weighted by Crippen LogP contribution is 2.27. The lowest BCUT2D eigenvalue weighted by molar-refractivity contribution is 0.240. The molecule has 0 aliphatic heterocycles. The Labute approximate surface area is 118 Å². The van der Waals surface area contributed by atoms with Crippen LogP contribution in [0.4, 0.5) is 4.39 Å². The van der Waals surface area contributed by atoms with Gasteiger partial charge in [-0.15, -0.1) is 0 Å². The Balaban J connectivity index is 2.64. The van der Waals surface area contributed by atoms with Crippen molar-refractivity contribution in [1.82, 2.24) is 5.32 Å². The van der Waals surface area contributed by atoms with Crippen LogP contribution >= 0.6 is 15.9 Å². The summed E-state index contributed by atoms with van der Waals surface area (Å²) in [5, 5.41) is 3.44. The van der Waals surface area contributed by atoms with E-state index in [2.05, 4.69) is 55.9 Å². The Kier molecular flexibility index (Phi) is 4.96. The van der Waals surface area contributed by atoms with E-state index < -0.39 is 0 Å². The fourth-order valence-electron chi connectivity index (χ4n) is 2.39. The van der Waals surface area contributed by atoms with Gasteiger partial charge in [0.2, 0.25) is 0 Å². The second kappa shape index (κ2) is 5.70. The van der Waals surface area contributed by atoms with Crippen LogP contribution < -0.4 is 5.32 Å². The molecule has 0 atom stereocenters. The Hall–Kier alpha value is -0.410. The van der Waals surface area contributed by atoms with Gasteiger partial charge in [0.05, 0.1) is 0 Å². The highest BCUT2D eigenvalue weighted by atomic mass is 79.9. The maximum Gasteiger partial charge on any atom is 0.128 e. The van der Waals surface area contributed by atoms with E-state index in [1.807, 2.05) is 12.1 Å². The maximum atomic E-state index is 13.7. The first-order valence-corrected chi connectivity index (χ1v) is 7.07. The summed E-state index contributed by atoms with van der Waals surface area (Å²) in [6, 6.07) is 5.20. The molecule has 1 aromatic rings. The molecule has 0 saturated heterocycles. The van der Waals surface area contributed by atoms with Crippen molar-refractivity contribution in [1.29, 1.82) is 0 Å². The summed E-state index contributed by atoms with van der Waals surface area (Å²) in [6.07, 6.45) is 1.04. The highest BCUT2D eigenvalue weighted by molar-refractivity contribution is 9.10. The quantitative estimate of drug-likeness (QED) is 0.834. The number of benzene rings is 1. The topological polar surface area (TPSA) is 12.0 Å². The molecule has 0 saturated carbocycles. The van der Waals surface area contributed by atoms with Gasteiger partial charge >= 0.3 is 0 Å². The predicted octanol–water partition coefficient (Wildman–Crippen LogP) is 4.89. The molecule has 0 bridgehead atoms. The van der Waals surface area contributed by atoms with Crippen LogP contribution in [-0.4, -0.2) is 5.54 Å².